The average Bonchev–Trinajstić information content (AvgIpc) is 3.94. The maximum absolute atomic E-state index is 15.5. The number of fused-ring (bicyclic) bond motifs is 2. The van der Waals surface area contributed by atoms with Gasteiger partial charge in [0.25, 0.3) is 0 Å². The fourth-order valence-electron chi connectivity index (χ4n) is 10.5. The monoisotopic (exact) mass is 972 g/mol. The normalized spacial score (nSPS) is 23.9. The number of benzene rings is 2. The molecule has 2 saturated carbocycles. The highest BCUT2D eigenvalue weighted by Crippen LogP contribution is 2.40. The summed E-state index contributed by atoms with van der Waals surface area (Å²) in [5.74, 6) is 3.07. The summed E-state index contributed by atoms with van der Waals surface area (Å²) in [6.07, 6.45) is 16.6. The Morgan fingerprint density at radius 2 is 1.27 bits per heavy atom. The third kappa shape index (κ3) is 10.4. The van der Waals surface area contributed by atoms with Crippen molar-refractivity contribution in [1.29, 1.82) is 0 Å². The molecule has 3 aliphatic heterocycles. The largest absolute Gasteiger partial charge is 0.491 e. The zero-order valence-corrected chi connectivity index (χ0v) is 40.2. The summed E-state index contributed by atoms with van der Waals surface area (Å²) in [6.45, 7) is 5.85. The van der Waals surface area contributed by atoms with Crippen molar-refractivity contribution in [3.8, 4) is 17.2 Å². The number of nitrogens with zero attached hydrogens (tertiary/aromatic N) is 11. The van der Waals surface area contributed by atoms with Crippen molar-refractivity contribution in [3.63, 3.8) is 0 Å². The van der Waals surface area contributed by atoms with Crippen molar-refractivity contribution in [2.75, 3.05) is 104 Å². The minimum atomic E-state index is -0.476. The summed E-state index contributed by atoms with van der Waals surface area (Å²) < 4.78 is 53.0. The standard InChI is InChI=1S/C50H61FN14O6/c1-52-50-57-27-42(66-2)49(62-50)65(33-5-9-37(10-6-33)71-40-25-34(63-16-20-67-21-17-63)23-38-45(40)55-14-12-53-38)43-28-64(18-22-69-43)35-24-39-46(56-15-13-54-39)41(26-35)70-36-7-3-31(4-8-36)60-47-44(51)48(59-30-58-47)61-32-11-19-68-29-32/h12-15,23-27,30-33,36-37,43H,3-11,16-22,28-29H2,1-2H3,(H,52,57,62)(H2,58,59,60,61). The Morgan fingerprint density at radius 1 is 0.648 bits per heavy atom. The Balaban J connectivity index is 0.795. The minimum absolute atomic E-state index is 0.0277. The molecule has 0 radical (unpaired) electrons. The van der Waals surface area contributed by atoms with Gasteiger partial charge in [-0.1, -0.05) is 0 Å². The van der Waals surface area contributed by atoms with Gasteiger partial charge in [0.05, 0.1) is 75.6 Å². The molecule has 11 rings (SSSR count). The fourth-order valence-corrected chi connectivity index (χ4v) is 10.5. The molecule has 0 amide bonds. The highest BCUT2D eigenvalue weighted by Gasteiger charge is 2.38. The average molecular weight is 973 g/mol. The molecule has 2 unspecified atom stereocenters. The lowest BCUT2D eigenvalue weighted by Gasteiger charge is -2.46. The molecule has 20 nitrogen and oxygen atoms in total. The van der Waals surface area contributed by atoms with Crippen LogP contribution in [0.1, 0.15) is 57.8 Å². The molecular weight excluding hydrogens is 912 g/mol. The van der Waals surface area contributed by atoms with Gasteiger partial charge in [-0.3, -0.25) is 9.97 Å². The van der Waals surface area contributed by atoms with Crippen molar-refractivity contribution in [1.82, 2.24) is 39.9 Å². The first-order chi connectivity index (χ1) is 35.0. The Bertz CT molecular complexity index is 2770. The molecule has 2 aromatic carbocycles. The van der Waals surface area contributed by atoms with Gasteiger partial charge in [0.15, 0.2) is 23.2 Å². The van der Waals surface area contributed by atoms with Gasteiger partial charge < -0.3 is 59.1 Å². The first-order valence-electron chi connectivity index (χ1n) is 25.0. The van der Waals surface area contributed by atoms with E-state index in [-0.39, 0.29) is 42.0 Å². The molecule has 0 spiro atoms. The second kappa shape index (κ2) is 21.3. The summed E-state index contributed by atoms with van der Waals surface area (Å²) in [7, 11) is 3.46. The van der Waals surface area contributed by atoms with Crippen LogP contribution in [-0.4, -0.2) is 150 Å². The Labute approximate surface area is 411 Å². The molecular formula is C50H61FN14O6. The highest BCUT2D eigenvalue weighted by molar-refractivity contribution is 5.86. The van der Waals surface area contributed by atoms with Gasteiger partial charge in [0.1, 0.15) is 35.1 Å². The number of hydrogen-bond donors (Lipinski definition) is 3. The van der Waals surface area contributed by atoms with Crippen molar-refractivity contribution >= 4 is 56.8 Å². The van der Waals surface area contributed by atoms with Gasteiger partial charge in [-0.2, -0.15) is 9.37 Å². The number of nitrogens with one attached hydrogen (secondary N) is 3. The molecule has 6 aromatic rings. The second-order valence-corrected chi connectivity index (χ2v) is 18.7. The van der Waals surface area contributed by atoms with Crippen molar-refractivity contribution in [2.24, 2.45) is 0 Å². The van der Waals surface area contributed by atoms with Crippen LogP contribution in [0.5, 0.6) is 17.2 Å². The zero-order valence-electron chi connectivity index (χ0n) is 40.2. The summed E-state index contributed by atoms with van der Waals surface area (Å²) in [4.78, 5) is 43.7. The summed E-state index contributed by atoms with van der Waals surface area (Å²) in [5.41, 5.74) is 5.04. The van der Waals surface area contributed by atoms with Gasteiger partial charge >= 0.3 is 0 Å². The number of rotatable bonds is 15. The van der Waals surface area contributed by atoms with Crippen LogP contribution in [0.4, 0.5) is 39.2 Å². The lowest BCUT2D eigenvalue weighted by molar-refractivity contribution is 0.0261. The van der Waals surface area contributed by atoms with Crippen LogP contribution in [0, 0.1) is 5.82 Å². The molecule has 4 aromatic heterocycles. The lowest BCUT2D eigenvalue weighted by Crippen LogP contribution is -2.56. The topological polar surface area (TPSA) is 204 Å². The predicted molar refractivity (Wildman–Crippen MR) is 266 cm³/mol. The van der Waals surface area contributed by atoms with Crippen LogP contribution in [-0.2, 0) is 14.2 Å². The van der Waals surface area contributed by atoms with Crippen LogP contribution in [0.15, 0.2) is 61.6 Å². The van der Waals surface area contributed by atoms with E-state index in [4.69, 9.17) is 48.4 Å². The number of hydrogen-bond acceptors (Lipinski definition) is 20. The van der Waals surface area contributed by atoms with Crippen LogP contribution in [0.3, 0.4) is 0 Å². The second-order valence-electron chi connectivity index (χ2n) is 18.7. The molecule has 3 saturated heterocycles. The van der Waals surface area contributed by atoms with E-state index in [9.17, 15) is 0 Å². The van der Waals surface area contributed by atoms with E-state index in [2.05, 4.69) is 74.9 Å². The highest BCUT2D eigenvalue weighted by atomic mass is 19.1. The maximum Gasteiger partial charge on any atom is 0.224 e. The van der Waals surface area contributed by atoms with E-state index in [0.29, 0.717) is 74.9 Å². The summed E-state index contributed by atoms with van der Waals surface area (Å²) >= 11 is 0. The maximum atomic E-state index is 15.5. The van der Waals surface area contributed by atoms with E-state index >= 15 is 4.39 Å². The van der Waals surface area contributed by atoms with Crippen LogP contribution >= 0.6 is 0 Å². The molecule has 7 heterocycles. The number of aromatic nitrogens is 8. The predicted octanol–water partition coefficient (Wildman–Crippen LogP) is 6.24. The number of anilines is 6. The van der Waals surface area contributed by atoms with Gasteiger partial charge in [0.2, 0.25) is 11.8 Å². The Morgan fingerprint density at radius 3 is 1.90 bits per heavy atom. The third-order valence-electron chi connectivity index (χ3n) is 14.3. The third-order valence-corrected chi connectivity index (χ3v) is 14.3. The van der Waals surface area contributed by atoms with E-state index in [1.807, 2.05) is 7.05 Å². The molecule has 5 aliphatic rings. The lowest BCUT2D eigenvalue weighted by atomic mass is 9.91. The quantitative estimate of drug-likeness (QED) is 0.104. The molecule has 21 heteroatoms. The smallest absolute Gasteiger partial charge is 0.224 e. The number of ether oxygens (including phenoxy) is 6. The van der Waals surface area contributed by atoms with E-state index in [1.54, 1.807) is 38.1 Å². The summed E-state index contributed by atoms with van der Waals surface area (Å²) in [6, 6.07) is 8.49. The SMILES string of the molecule is CNc1ncc(OC)c(N(C2CCC(Oc3cc(N4CCOCC4)cc4nccnc34)CC2)C2CN(c3cc(OC4CCC(Nc5ncnc(NC6CCOC6)c5F)CC4)c4nccnc4c3)CCO2)n1. The van der Waals surface area contributed by atoms with E-state index in [0.717, 1.165) is 105 Å². The first-order valence-corrected chi connectivity index (χ1v) is 25.0. The number of halogens is 1. The van der Waals surface area contributed by atoms with Gasteiger partial charge in [-0.05, 0) is 69.9 Å². The molecule has 0 bridgehead atoms. The Kier molecular flexibility index (Phi) is 14.0. The van der Waals surface area contributed by atoms with Crippen molar-refractivity contribution < 1.29 is 32.8 Å². The van der Waals surface area contributed by atoms with Crippen LogP contribution < -0.4 is 44.9 Å². The van der Waals surface area contributed by atoms with Gasteiger partial charge in [-0.15, -0.1) is 0 Å². The molecule has 2 atom stereocenters. The molecule has 71 heavy (non-hydrogen) atoms. The zero-order chi connectivity index (χ0) is 48.1. The van der Waals surface area contributed by atoms with Crippen LogP contribution in [0.25, 0.3) is 22.1 Å². The Hall–Kier alpha value is -6.71. The van der Waals surface area contributed by atoms with Crippen molar-refractivity contribution in [2.45, 2.75) is 94.3 Å². The van der Waals surface area contributed by atoms with E-state index < -0.39 is 12.0 Å². The van der Waals surface area contributed by atoms with Gasteiger partial charge in [-0.25, -0.2) is 24.9 Å². The van der Waals surface area contributed by atoms with Crippen LogP contribution in [0.2, 0.25) is 0 Å². The molecule has 5 fully saturated rings. The fraction of sp³-hybridized carbons (Fsp3) is 0.520. The minimum Gasteiger partial charge on any atom is -0.491 e. The van der Waals surface area contributed by atoms with E-state index in [1.165, 1.54) is 6.33 Å². The van der Waals surface area contributed by atoms with Crippen molar-refractivity contribution in [3.05, 3.63) is 67.4 Å². The first kappa shape index (κ1) is 46.7. The van der Waals surface area contributed by atoms with Gasteiger partial charge in [0, 0.05) is 93.7 Å². The summed E-state index contributed by atoms with van der Waals surface area (Å²) in [5, 5.41) is 9.63. The number of methoxy groups -OCH3 is 1. The molecule has 3 N–H and O–H groups in total. The molecule has 2 aliphatic carbocycles. The molecule has 374 valence electrons. The number of morpholine rings is 2.